The molecule has 0 heterocycles. The van der Waals surface area contributed by atoms with Crippen LogP contribution in [0.4, 0.5) is 13.2 Å². The Hall–Kier alpha value is -0.510. The molecule has 0 aliphatic rings. The summed E-state index contributed by atoms with van der Waals surface area (Å²) in [7, 11) is 0. The topological polar surface area (TPSA) is 9.23 Å². The highest BCUT2D eigenvalue weighted by Crippen LogP contribution is 2.19. The molecule has 12 heavy (non-hydrogen) atoms. The molecule has 0 rings (SSSR count). The molecule has 71 valence electrons. The van der Waals surface area contributed by atoms with Gasteiger partial charge in [0.1, 0.15) is 0 Å². The Kier molecular flexibility index (Phi) is 4.97. The molecule has 0 N–H and O–H groups in total. The monoisotopic (exact) mass is 181 g/mol. The maximum Gasteiger partial charge on any atom is 0.391 e. The summed E-state index contributed by atoms with van der Waals surface area (Å²) >= 11 is 0. The molecule has 1 radical (unpaired) electrons. The number of ether oxygens (including phenoxy) is 1. The van der Waals surface area contributed by atoms with Crippen LogP contribution in [0.25, 0.3) is 0 Å². The Balaban J connectivity index is 3.48. The second-order valence-corrected chi connectivity index (χ2v) is 2.38. The lowest BCUT2D eigenvalue weighted by molar-refractivity contribution is -0.147. The van der Waals surface area contributed by atoms with Gasteiger partial charge < -0.3 is 4.74 Å². The van der Waals surface area contributed by atoms with E-state index >= 15 is 0 Å². The predicted molar refractivity (Wildman–Crippen MR) is 39.6 cm³/mol. The number of hydrogen-bond acceptors (Lipinski definition) is 1. The van der Waals surface area contributed by atoms with Crippen LogP contribution in [0.1, 0.15) is 19.8 Å². The summed E-state index contributed by atoms with van der Waals surface area (Å²) in [6.07, 6.45) is -3.58. The minimum absolute atomic E-state index is 0.324. The van der Waals surface area contributed by atoms with Crippen molar-refractivity contribution in [3.63, 3.8) is 0 Å². The minimum Gasteiger partial charge on any atom is -0.374 e. The summed E-state index contributed by atoms with van der Waals surface area (Å²) in [5.74, 6) is 0. The van der Waals surface area contributed by atoms with Gasteiger partial charge in [-0.15, -0.1) is 0 Å². The molecule has 0 spiro atoms. The molecule has 0 saturated heterocycles. The van der Waals surface area contributed by atoms with Crippen LogP contribution in [-0.4, -0.2) is 18.9 Å². The van der Waals surface area contributed by atoms with Crippen LogP contribution in [0.3, 0.4) is 0 Å². The predicted octanol–water partition coefficient (Wildman–Crippen LogP) is 2.72. The molecule has 0 aromatic heterocycles. The summed E-state index contributed by atoms with van der Waals surface area (Å²) < 4.78 is 39.6. The summed E-state index contributed by atoms with van der Waals surface area (Å²) in [6.45, 7) is 6.57. The Bertz CT molecular complexity index is 131. The van der Waals surface area contributed by atoms with E-state index in [1.807, 2.05) is 0 Å². The van der Waals surface area contributed by atoms with Crippen molar-refractivity contribution >= 4 is 0 Å². The Morgan fingerprint density at radius 3 is 2.42 bits per heavy atom. The zero-order chi connectivity index (χ0) is 9.61. The third-order valence-electron chi connectivity index (χ3n) is 1.33. The fraction of sp³-hybridized carbons (Fsp3) is 0.750. The van der Waals surface area contributed by atoms with E-state index in [1.54, 1.807) is 6.92 Å². The third kappa shape index (κ3) is 6.22. The highest BCUT2D eigenvalue weighted by atomic mass is 19.4. The number of halogens is 3. The second-order valence-electron chi connectivity index (χ2n) is 2.38. The van der Waals surface area contributed by atoms with Gasteiger partial charge in [0.2, 0.25) is 0 Å². The maximum absolute atomic E-state index is 11.6. The van der Waals surface area contributed by atoms with Gasteiger partial charge in [-0.2, -0.15) is 13.2 Å². The smallest absolute Gasteiger partial charge is 0.374 e. The van der Waals surface area contributed by atoms with E-state index in [9.17, 15) is 13.2 Å². The van der Waals surface area contributed by atoms with Crippen LogP contribution in [-0.2, 0) is 4.74 Å². The van der Waals surface area contributed by atoms with Gasteiger partial charge in [0, 0.05) is 0 Å². The number of rotatable bonds is 5. The maximum atomic E-state index is 11.6. The lowest BCUT2D eigenvalue weighted by atomic mass is 10.3. The van der Waals surface area contributed by atoms with E-state index in [-0.39, 0.29) is 12.7 Å². The van der Waals surface area contributed by atoms with Crippen LogP contribution in [0.15, 0.2) is 6.08 Å². The molecule has 0 aromatic carbocycles. The lowest BCUT2D eigenvalue weighted by Crippen LogP contribution is -2.15. The molecule has 0 amide bonds. The van der Waals surface area contributed by atoms with Crippen molar-refractivity contribution in [2.45, 2.75) is 32.0 Å². The first-order valence-corrected chi connectivity index (χ1v) is 3.73. The van der Waals surface area contributed by atoms with Crippen molar-refractivity contribution in [1.82, 2.24) is 0 Å². The highest BCUT2D eigenvalue weighted by Gasteiger charge is 2.26. The van der Waals surface area contributed by atoms with E-state index < -0.39 is 12.6 Å². The molecular weight excluding hydrogens is 169 g/mol. The van der Waals surface area contributed by atoms with Crippen LogP contribution >= 0.6 is 0 Å². The average molecular weight is 181 g/mol. The molecule has 0 aromatic rings. The van der Waals surface area contributed by atoms with Gasteiger partial charge in [0.05, 0.1) is 19.1 Å². The lowest BCUT2D eigenvalue weighted by Gasteiger charge is -2.12. The van der Waals surface area contributed by atoms with Gasteiger partial charge in [-0.25, -0.2) is 0 Å². The Morgan fingerprint density at radius 2 is 2.08 bits per heavy atom. The van der Waals surface area contributed by atoms with Crippen molar-refractivity contribution in [3.8, 4) is 0 Å². The van der Waals surface area contributed by atoms with Crippen LogP contribution < -0.4 is 0 Å². The number of alkyl halides is 3. The van der Waals surface area contributed by atoms with Gasteiger partial charge in [0.15, 0.2) is 0 Å². The summed E-state index contributed by atoms with van der Waals surface area (Å²) in [6, 6.07) is 0. The zero-order valence-corrected chi connectivity index (χ0v) is 6.90. The van der Waals surface area contributed by atoms with E-state index in [0.717, 1.165) is 0 Å². The standard InChI is InChI=1S/C8H12F3O/c1-3-7(4-2)12-6-5-8(9,10)11/h1,3,7H,4-6H2,2H3. The van der Waals surface area contributed by atoms with Crippen molar-refractivity contribution in [3.05, 3.63) is 12.7 Å². The minimum atomic E-state index is -4.15. The molecule has 4 heteroatoms. The van der Waals surface area contributed by atoms with E-state index in [1.165, 1.54) is 6.08 Å². The van der Waals surface area contributed by atoms with Gasteiger partial charge in [0.25, 0.3) is 0 Å². The first kappa shape index (κ1) is 11.5. The Labute approximate surface area is 70.2 Å². The van der Waals surface area contributed by atoms with Crippen molar-refractivity contribution < 1.29 is 17.9 Å². The van der Waals surface area contributed by atoms with Crippen LogP contribution in [0.5, 0.6) is 0 Å². The molecule has 0 fully saturated rings. The van der Waals surface area contributed by atoms with Gasteiger partial charge >= 0.3 is 6.18 Å². The van der Waals surface area contributed by atoms with Crippen molar-refractivity contribution in [2.24, 2.45) is 0 Å². The van der Waals surface area contributed by atoms with Crippen molar-refractivity contribution in [2.75, 3.05) is 6.61 Å². The molecule has 1 nitrogen and oxygen atoms in total. The van der Waals surface area contributed by atoms with Crippen molar-refractivity contribution in [1.29, 1.82) is 0 Å². The molecular formula is C8H12F3O. The average Bonchev–Trinajstić information content (AvgIpc) is 1.96. The highest BCUT2D eigenvalue weighted by molar-refractivity contribution is 4.75. The van der Waals surface area contributed by atoms with Gasteiger partial charge in [-0.05, 0) is 6.42 Å². The summed E-state index contributed by atoms with van der Waals surface area (Å²) in [4.78, 5) is 0. The second kappa shape index (κ2) is 5.19. The summed E-state index contributed by atoms with van der Waals surface area (Å²) in [5.41, 5.74) is 0. The SMILES string of the molecule is [CH]=CC(CC)OCCC(F)(F)F. The normalized spacial score (nSPS) is 14.3. The van der Waals surface area contributed by atoms with Crippen LogP contribution in [0.2, 0.25) is 0 Å². The zero-order valence-electron chi connectivity index (χ0n) is 6.90. The number of hydrogen-bond donors (Lipinski definition) is 0. The first-order valence-electron chi connectivity index (χ1n) is 3.73. The van der Waals surface area contributed by atoms with Gasteiger partial charge in [-0.1, -0.05) is 19.6 Å². The Morgan fingerprint density at radius 1 is 1.50 bits per heavy atom. The quantitative estimate of drug-likeness (QED) is 0.633. The van der Waals surface area contributed by atoms with Crippen LogP contribution in [0, 0.1) is 6.58 Å². The third-order valence-corrected chi connectivity index (χ3v) is 1.33. The van der Waals surface area contributed by atoms with E-state index in [2.05, 4.69) is 0 Å². The molecule has 1 unspecified atom stereocenters. The fourth-order valence-electron chi connectivity index (χ4n) is 0.636. The molecule has 0 aliphatic heterocycles. The first-order chi connectivity index (χ1) is 5.49. The fourth-order valence-corrected chi connectivity index (χ4v) is 0.636. The summed E-state index contributed by atoms with van der Waals surface area (Å²) in [5, 5.41) is 0. The van der Waals surface area contributed by atoms with Gasteiger partial charge in [-0.3, -0.25) is 0 Å². The molecule has 0 saturated carbocycles. The van der Waals surface area contributed by atoms with E-state index in [0.29, 0.717) is 6.42 Å². The molecule has 0 bridgehead atoms. The van der Waals surface area contributed by atoms with E-state index in [4.69, 9.17) is 11.3 Å². The molecule has 1 atom stereocenters. The molecule has 0 aliphatic carbocycles. The largest absolute Gasteiger partial charge is 0.391 e.